The minimum absolute atomic E-state index is 0.653. The van der Waals surface area contributed by atoms with Crippen LogP contribution in [0.4, 0.5) is 5.95 Å². The zero-order valence-electron chi connectivity index (χ0n) is 18.7. The number of H-pyrrole nitrogens is 1. The number of anilines is 1. The van der Waals surface area contributed by atoms with E-state index < -0.39 is 0 Å². The Bertz CT molecular complexity index is 1260. The molecule has 0 spiro atoms. The molecule has 32 heavy (non-hydrogen) atoms. The Labute approximate surface area is 188 Å². The Morgan fingerprint density at radius 3 is 2.28 bits per heavy atom. The van der Waals surface area contributed by atoms with Crippen LogP contribution < -0.4 is 10.2 Å². The van der Waals surface area contributed by atoms with Crippen molar-refractivity contribution in [2.75, 3.05) is 31.1 Å². The third-order valence-electron chi connectivity index (χ3n) is 6.57. The SMILES string of the molecule is Cc1cc(-c2[nH]c3cc(-c4cnc(N5CCNCC5)nc4)ccc3c2C2CC2)cc(C)n1. The molecule has 2 fully saturated rings. The molecule has 1 aromatic carbocycles. The molecule has 4 aromatic rings. The zero-order chi connectivity index (χ0) is 21.7. The van der Waals surface area contributed by atoms with E-state index in [9.17, 15) is 0 Å². The fraction of sp³-hybridized carbons (Fsp3) is 0.346. The quantitative estimate of drug-likeness (QED) is 0.501. The van der Waals surface area contributed by atoms with Crippen LogP contribution in [-0.4, -0.2) is 46.1 Å². The number of nitrogens with one attached hydrogen (secondary N) is 2. The Hall–Kier alpha value is -3.25. The van der Waals surface area contributed by atoms with Crippen LogP contribution >= 0.6 is 0 Å². The number of benzene rings is 1. The maximum absolute atomic E-state index is 4.66. The fourth-order valence-electron chi connectivity index (χ4n) is 4.90. The molecule has 2 N–H and O–H groups in total. The predicted octanol–water partition coefficient (Wildman–Crippen LogP) is 4.59. The van der Waals surface area contributed by atoms with E-state index in [0.29, 0.717) is 5.92 Å². The van der Waals surface area contributed by atoms with E-state index in [2.05, 4.69) is 74.3 Å². The molecule has 3 aromatic heterocycles. The third kappa shape index (κ3) is 3.54. The summed E-state index contributed by atoms with van der Waals surface area (Å²) in [7, 11) is 0. The summed E-state index contributed by atoms with van der Waals surface area (Å²) in [6.07, 6.45) is 6.44. The van der Waals surface area contributed by atoms with Gasteiger partial charge in [-0.25, -0.2) is 9.97 Å². The number of aromatic nitrogens is 4. The highest BCUT2D eigenvalue weighted by Gasteiger charge is 2.30. The largest absolute Gasteiger partial charge is 0.354 e. The molecule has 0 unspecified atom stereocenters. The number of pyridine rings is 1. The van der Waals surface area contributed by atoms with Gasteiger partial charge in [-0.1, -0.05) is 12.1 Å². The topological polar surface area (TPSA) is 69.7 Å². The zero-order valence-corrected chi connectivity index (χ0v) is 18.7. The van der Waals surface area contributed by atoms with Crippen LogP contribution in [0.2, 0.25) is 0 Å². The summed E-state index contributed by atoms with van der Waals surface area (Å²) in [6, 6.07) is 11.1. The number of piperazine rings is 1. The minimum atomic E-state index is 0.653. The minimum Gasteiger partial charge on any atom is -0.354 e. The Morgan fingerprint density at radius 2 is 1.59 bits per heavy atom. The van der Waals surface area contributed by atoms with Crippen molar-refractivity contribution in [3.05, 3.63) is 59.7 Å². The third-order valence-corrected chi connectivity index (χ3v) is 6.57. The lowest BCUT2D eigenvalue weighted by molar-refractivity contribution is 0.580. The van der Waals surface area contributed by atoms with E-state index >= 15 is 0 Å². The highest BCUT2D eigenvalue weighted by Crippen LogP contribution is 2.48. The second kappa shape index (κ2) is 7.71. The first-order chi connectivity index (χ1) is 15.7. The molecular weight excluding hydrogens is 396 g/mol. The number of hydrogen-bond acceptors (Lipinski definition) is 5. The summed E-state index contributed by atoms with van der Waals surface area (Å²) in [6.45, 7) is 8.01. The average molecular weight is 425 g/mol. The van der Waals surface area contributed by atoms with Gasteiger partial charge in [0.25, 0.3) is 0 Å². The molecule has 6 heteroatoms. The molecule has 6 rings (SSSR count). The van der Waals surface area contributed by atoms with Crippen molar-refractivity contribution in [1.29, 1.82) is 0 Å². The number of fused-ring (bicyclic) bond motifs is 1. The summed E-state index contributed by atoms with van der Waals surface area (Å²) in [5, 5.41) is 4.70. The van der Waals surface area contributed by atoms with Gasteiger partial charge in [-0.3, -0.25) is 4.98 Å². The summed E-state index contributed by atoms with van der Waals surface area (Å²) in [5.41, 5.74) is 9.43. The standard InChI is InChI=1S/C26H28N6/c1-16-11-20(12-17(2)30-16)25-24(18-3-4-18)22-6-5-19(13-23(22)31-25)21-14-28-26(29-15-21)32-9-7-27-8-10-32/h5-6,11-15,18,27,31H,3-4,7-10H2,1-2H3. The molecule has 162 valence electrons. The van der Waals surface area contributed by atoms with Gasteiger partial charge in [0.05, 0.1) is 5.69 Å². The van der Waals surface area contributed by atoms with Gasteiger partial charge in [-0.2, -0.15) is 0 Å². The Balaban J connectivity index is 1.39. The molecule has 1 aliphatic heterocycles. The maximum Gasteiger partial charge on any atom is 0.225 e. The van der Waals surface area contributed by atoms with E-state index in [4.69, 9.17) is 0 Å². The van der Waals surface area contributed by atoms with Crippen molar-refractivity contribution in [3.8, 4) is 22.4 Å². The first-order valence-electron chi connectivity index (χ1n) is 11.5. The van der Waals surface area contributed by atoms with Gasteiger partial charge in [-0.05, 0) is 61.9 Å². The van der Waals surface area contributed by atoms with Gasteiger partial charge >= 0.3 is 0 Å². The lowest BCUT2D eigenvalue weighted by Crippen LogP contribution is -2.44. The summed E-state index contributed by atoms with van der Waals surface area (Å²) in [4.78, 5) is 19.9. The van der Waals surface area contributed by atoms with Gasteiger partial charge in [-0.15, -0.1) is 0 Å². The number of aryl methyl sites for hydroxylation is 2. The average Bonchev–Trinajstić information content (AvgIpc) is 3.58. The molecule has 0 bridgehead atoms. The monoisotopic (exact) mass is 424 g/mol. The van der Waals surface area contributed by atoms with Crippen molar-refractivity contribution in [2.45, 2.75) is 32.6 Å². The number of nitrogens with zero attached hydrogens (tertiary/aromatic N) is 4. The van der Waals surface area contributed by atoms with E-state index in [-0.39, 0.29) is 0 Å². The molecule has 0 atom stereocenters. The first kappa shape index (κ1) is 19.4. The maximum atomic E-state index is 4.66. The van der Waals surface area contributed by atoms with E-state index in [0.717, 1.165) is 54.6 Å². The lowest BCUT2D eigenvalue weighted by atomic mass is 9.99. The van der Waals surface area contributed by atoms with Gasteiger partial charge < -0.3 is 15.2 Å². The van der Waals surface area contributed by atoms with Crippen molar-refractivity contribution < 1.29 is 0 Å². The van der Waals surface area contributed by atoms with Gasteiger partial charge in [0.1, 0.15) is 0 Å². The Morgan fingerprint density at radius 1 is 0.875 bits per heavy atom. The van der Waals surface area contributed by atoms with Crippen LogP contribution in [0.5, 0.6) is 0 Å². The van der Waals surface area contributed by atoms with Crippen molar-refractivity contribution in [3.63, 3.8) is 0 Å². The fourth-order valence-corrected chi connectivity index (χ4v) is 4.90. The second-order valence-electron chi connectivity index (χ2n) is 9.10. The van der Waals surface area contributed by atoms with Crippen LogP contribution in [0, 0.1) is 13.8 Å². The Kier molecular flexibility index (Phi) is 4.68. The first-order valence-corrected chi connectivity index (χ1v) is 11.5. The highest BCUT2D eigenvalue weighted by atomic mass is 15.3. The predicted molar refractivity (Wildman–Crippen MR) is 129 cm³/mol. The van der Waals surface area contributed by atoms with E-state index in [1.54, 1.807) is 0 Å². The summed E-state index contributed by atoms with van der Waals surface area (Å²) < 4.78 is 0. The molecule has 4 heterocycles. The van der Waals surface area contributed by atoms with Crippen LogP contribution in [0.3, 0.4) is 0 Å². The van der Waals surface area contributed by atoms with Gasteiger partial charge in [0.2, 0.25) is 5.95 Å². The molecule has 0 radical (unpaired) electrons. The van der Waals surface area contributed by atoms with Crippen LogP contribution in [0.1, 0.15) is 35.7 Å². The smallest absolute Gasteiger partial charge is 0.225 e. The molecule has 0 amide bonds. The normalized spacial score (nSPS) is 16.6. The van der Waals surface area contributed by atoms with Crippen molar-refractivity contribution >= 4 is 16.9 Å². The molecular formula is C26H28N6. The second-order valence-corrected chi connectivity index (χ2v) is 9.10. The molecule has 2 aliphatic rings. The van der Waals surface area contributed by atoms with Gasteiger partial charge in [0.15, 0.2) is 0 Å². The lowest BCUT2D eigenvalue weighted by Gasteiger charge is -2.27. The summed E-state index contributed by atoms with van der Waals surface area (Å²) in [5.74, 6) is 1.47. The molecule has 1 saturated carbocycles. The van der Waals surface area contributed by atoms with Crippen LogP contribution in [-0.2, 0) is 0 Å². The van der Waals surface area contributed by atoms with Crippen LogP contribution in [0.25, 0.3) is 33.3 Å². The van der Waals surface area contributed by atoms with E-state index in [1.807, 2.05) is 12.4 Å². The number of aromatic amines is 1. The van der Waals surface area contributed by atoms with E-state index in [1.165, 1.54) is 40.6 Å². The van der Waals surface area contributed by atoms with Crippen LogP contribution in [0.15, 0.2) is 42.7 Å². The molecule has 1 saturated heterocycles. The van der Waals surface area contributed by atoms with Crippen molar-refractivity contribution in [2.24, 2.45) is 0 Å². The molecule has 6 nitrogen and oxygen atoms in total. The summed E-state index contributed by atoms with van der Waals surface area (Å²) >= 11 is 0. The number of hydrogen-bond donors (Lipinski definition) is 2. The van der Waals surface area contributed by atoms with Gasteiger partial charge in [0, 0.05) is 72.0 Å². The van der Waals surface area contributed by atoms with Crippen molar-refractivity contribution in [1.82, 2.24) is 25.3 Å². The highest BCUT2D eigenvalue weighted by molar-refractivity contribution is 5.94. The number of rotatable bonds is 4. The molecule has 1 aliphatic carbocycles.